The first kappa shape index (κ1) is 23.4. The van der Waals surface area contributed by atoms with E-state index >= 15 is 0 Å². The smallest absolute Gasteiger partial charge is 0.294 e. The Balaban J connectivity index is 1.93. The summed E-state index contributed by atoms with van der Waals surface area (Å²) in [6.07, 6.45) is 4.52. The van der Waals surface area contributed by atoms with Crippen molar-refractivity contribution >= 4 is 40.3 Å². The van der Waals surface area contributed by atoms with Gasteiger partial charge in [-0.2, -0.15) is 0 Å². The molecule has 7 nitrogen and oxygen atoms in total. The van der Waals surface area contributed by atoms with Crippen molar-refractivity contribution in [3.8, 4) is 11.1 Å². The number of nitrogens with zero attached hydrogens (tertiary/aromatic N) is 3. The molecule has 0 aliphatic heterocycles. The minimum atomic E-state index is -0.493. The van der Waals surface area contributed by atoms with E-state index < -0.39 is 4.92 Å². The Labute approximate surface area is 203 Å². The number of benzene rings is 3. The minimum absolute atomic E-state index is 0.145. The van der Waals surface area contributed by atoms with Crippen LogP contribution < -0.4 is 15.8 Å². The van der Waals surface area contributed by atoms with Crippen LogP contribution in [0.3, 0.4) is 0 Å². The number of hydrogen-bond acceptors (Lipinski definition) is 4. The Hall–Kier alpha value is -3.78. The number of anilines is 2. The van der Waals surface area contributed by atoms with Crippen molar-refractivity contribution < 1.29 is 9.72 Å². The molecule has 0 unspecified atom stereocenters. The highest BCUT2D eigenvalue weighted by molar-refractivity contribution is 7.80. The number of nitro benzene ring substituents is 1. The third kappa shape index (κ3) is 4.77. The summed E-state index contributed by atoms with van der Waals surface area (Å²) in [5, 5.41) is 14.5. The second kappa shape index (κ2) is 10.4. The van der Waals surface area contributed by atoms with E-state index in [1.165, 1.54) is 16.1 Å². The van der Waals surface area contributed by atoms with Gasteiger partial charge in [0.15, 0.2) is 5.11 Å². The molecular formula is C26H26N4O3S. The second-order valence-corrected chi connectivity index (χ2v) is 8.68. The Morgan fingerprint density at radius 1 is 0.853 bits per heavy atom. The number of hydrazine groups is 1. The van der Waals surface area contributed by atoms with E-state index in [1.54, 1.807) is 18.2 Å². The molecule has 0 heterocycles. The van der Waals surface area contributed by atoms with E-state index in [-0.39, 0.29) is 28.3 Å². The predicted octanol–water partition coefficient (Wildman–Crippen LogP) is 5.84. The predicted molar refractivity (Wildman–Crippen MR) is 138 cm³/mol. The fourth-order valence-electron chi connectivity index (χ4n) is 4.49. The zero-order valence-electron chi connectivity index (χ0n) is 18.7. The quantitative estimate of drug-likeness (QED) is 0.284. The van der Waals surface area contributed by atoms with Gasteiger partial charge in [0.25, 0.3) is 5.69 Å². The monoisotopic (exact) mass is 474 g/mol. The van der Waals surface area contributed by atoms with Crippen molar-refractivity contribution in [2.45, 2.75) is 32.1 Å². The normalized spacial score (nSPS) is 13.8. The molecular weight excluding hydrogens is 448 g/mol. The summed E-state index contributed by atoms with van der Waals surface area (Å²) in [7, 11) is 0. The third-order valence-electron chi connectivity index (χ3n) is 6.10. The minimum Gasteiger partial charge on any atom is -0.374 e. The molecule has 2 N–H and O–H groups in total. The van der Waals surface area contributed by atoms with Gasteiger partial charge >= 0.3 is 0 Å². The zero-order chi connectivity index (χ0) is 24.1. The molecule has 3 aromatic carbocycles. The number of carbonyl (C=O) groups is 1. The zero-order valence-corrected chi connectivity index (χ0v) is 19.5. The molecule has 1 fully saturated rings. The maximum atomic E-state index is 14.1. The Morgan fingerprint density at radius 2 is 1.44 bits per heavy atom. The van der Waals surface area contributed by atoms with Gasteiger partial charge in [0.1, 0.15) is 5.69 Å². The average Bonchev–Trinajstić information content (AvgIpc) is 2.87. The Bertz CT molecular complexity index is 1200. The number of carbonyl (C=O) groups excluding carboxylic acids is 1. The van der Waals surface area contributed by atoms with Gasteiger partial charge in [-0.15, -0.1) is 0 Å². The largest absolute Gasteiger partial charge is 0.374 e. The fraction of sp³-hybridized carbons (Fsp3) is 0.231. The molecule has 3 aromatic rings. The van der Waals surface area contributed by atoms with Gasteiger partial charge in [-0.05, 0) is 42.8 Å². The molecule has 1 aliphatic rings. The number of para-hydroxylation sites is 3. The lowest BCUT2D eigenvalue weighted by Gasteiger charge is -2.38. The van der Waals surface area contributed by atoms with Crippen LogP contribution in [0.4, 0.5) is 17.1 Å². The Morgan fingerprint density at radius 3 is 2.09 bits per heavy atom. The topological polar surface area (TPSA) is 92.7 Å². The van der Waals surface area contributed by atoms with Gasteiger partial charge in [0.05, 0.1) is 10.6 Å². The van der Waals surface area contributed by atoms with Gasteiger partial charge in [-0.25, -0.2) is 10.0 Å². The summed E-state index contributed by atoms with van der Waals surface area (Å²) in [5.74, 6) is -0.397. The van der Waals surface area contributed by atoms with Crippen molar-refractivity contribution in [2.75, 3.05) is 10.0 Å². The highest BCUT2D eigenvalue weighted by Gasteiger charge is 2.36. The van der Waals surface area contributed by atoms with E-state index in [0.717, 1.165) is 43.2 Å². The highest BCUT2D eigenvalue weighted by Crippen LogP contribution is 2.38. The van der Waals surface area contributed by atoms with Gasteiger partial charge in [-0.3, -0.25) is 14.9 Å². The van der Waals surface area contributed by atoms with Crippen LogP contribution in [0.25, 0.3) is 11.1 Å². The lowest BCUT2D eigenvalue weighted by molar-refractivity contribution is -0.384. The number of hydrogen-bond donors (Lipinski definition) is 1. The van der Waals surface area contributed by atoms with Crippen LogP contribution in [-0.4, -0.2) is 15.9 Å². The molecule has 0 bridgehead atoms. The van der Waals surface area contributed by atoms with Crippen molar-refractivity contribution in [3.05, 3.63) is 89.0 Å². The molecule has 0 radical (unpaired) electrons. The van der Waals surface area contributed by atoms with Crippen LogP contribution in [0.2, 0.25) is 0 Å². The van der Waals surface area contributed by atoms with E-state index in [2.05, 4.69) is 0 Å². The van der Waals surface area contributed by atoms with Crippen LogP contribution in [-0.2, 0) is 4.79 Å². The Kier molecular flexibility index (Phi) is 7.18. The molecule has 0 aromatic heterocycles. The number of rotatable bonds is 5. The average molecular weight is 475 g/mol. The van der Waals surface area contributed by atoms with Gasteiger partial charge < -0.3 is 5.73 Å². The number of nitro groups is 1. The summed E-state index contributed by atoms with van der Waals surface area (Å²) < 4.78 is 0. The second-order valence-electron chi connectivity index (χ2n) is 8.26. The van der Waals surface area contributed by atoms with E-state index in [1.807, 2.05) is 54.6 Å². The number of amides is 1. The molecule has 34 heavy (non-hydrogen) atoms. The van der Waals surface area contributed by atoms with Crippen LogP contribution in [0.1, 0.15) is 32.1 Å². The lowest BCUT2D eigenvalue weighted by Crippen LogP contribution is -2.55. The summed E-state index contributed by atoms with van der Waals surface area (Å²) in [6, 6.07) is 23.3. The third-order valence-corrected chi connectivity index (χ3v) is 6.27. The van der Waals surface area contributed by atoms with Crippen molar-refractivity contribution in [1.29, 1.82) is 0 Å². The number of nitrogens with two attached hydrogens (primary N) is 1. The molecule has 174 valence electrons. The van der Waals surface area contributed by atoms with E-state index in [0.29, 0.717) is 5.69 Å². The summed E-state index contributed by atoms with van der Waals surface area (Å²) in [4.78, 5) is 25.4. The first-order chi connectivity index (χ1) is 16.5. The highest BCUT2D eigenvalue weighted by atomic mass is 32.1. The summed E-state index contributed by atoms with van der Waals surface area (Å²) in [5.41, 5.74) is 8.40. The van der Waals surface area contributed by atoms with E-state index in [9.17, 15) is 14.9 Å². The van der Waals surface area contributed by atoms with Gasteiger partial charge in [-0.1, -0.05) is 79.9 Å². The summed E-state index contributed by atoms with van der Waals surface area (Å²) >= 11 is 5.39. The maximum absolute atomic E-state index is 14.1. The first-order valence-corrected chi connectivity index (χ1v) is 11.7. The van der Waals surface area contributed by atoms with Crippen molar-refractivity contribution in [2.24, 2.45) is 11.7 Å². The summed E-state index contributed by atoms with van der Waals surface area (Å²) in [6.45, 7) is 0. The van der Waals surface area contributed by atoms with Gasteiger partial charge in [0, 0.05) is 17.5 Å². The molecule has 1 amide bonds. The van der Waals surface area contributed by atoms with Crippen LogP contribution >= 0.6 is 12.2 Å². The molecule has 1 saturated carbocycles. The standard InChI is InChI=1S/C26H26N4O3S/c27-26(34)29(23-17-9-10-18-24(23)30(32)33)28(25(31)20-13-5-2-6-14-20)22-16-8-7-15-21(22)19-11-3-1-4-12-19/h1,3-4,7-12,15-18,20H,2,5-6,13-14H2,(H2,27,34). The van der Waals surface area contributed by atoms with E-state index in [4.69, 9.17) is 18.0 Å². The molecule has 0 saturated heterocycles. The molecule has 0 atom stereocenters. The lowest BCUT2D eigenvalue weighted by atomic mass is 9.88. The fourth-order valence-corrected chi connectivity index (χ4v) is 4.67. The molecule has 4 rings (SSSR count). The van der Waals surface area contributed by atoms with Crippen molar-refractivity contribution in [3.63, 3.8) is 0 Å². The first-order valence-electron chi connectivity index (χ1n) is 11.3. The van der Waals surface area contributed by atoms with Crippen molar-refractivity contribution in [1.82, 2.24) is 0 Å². The van der Waals surface area contributed by atoms with Gasteiger partial charge in [0.2, 0.25) is 5.91 Å². The van der Waals surface area contributed by atoms with Crippen LogP contribution in [0.5, 0.6) is 0 Å². The molecule has 8 heteroatoms. The van der Waals surface area contributed by atoms with Crippen LogP contribution in [0.15, 0.2) is 78.9 Å². The molecule has 0 spiro atoms. The SMILES string of the molecule is NC(=S)N(c1ccccc1[N+](=O)[O-])N(C(=O)C1CCCCC1)c1ccccc1-c1ccccc1. The maximum Gasteiger partial charge on any atom is 0.294 e. The van der Waals surface area contributed by atoms with Crippen LogP contribution in [0, 0.1) is 16.0 Å². The molecule has 1 aliphatic carbocycles. The number of thiocarbonyl (C=S) groups is 1.